The van der Waals surface area contributed by atoms with Crippen molar-refractivity contribution in [2.24, 2.45) is 0 Å². The van der Waals surface area contributed by atoms with Gasteiger partial charge in [-0.3, -0.25) is 9.59 Å². The molecule has 0 aliphatic heterocycles. The Morgan fingerprint density at radius 3 is 2.84 bits per heavy atom. The van der Waals surface area contributed by atoms with Crippen LogP contribution in [0.1, 0.15) is 16.3 Å². The first-order valence-corrected chi connectivity index (χ1v) is 7.83. The number of amides is 1. The van der Waals surface area contributed by atoms with Crippen LogP contribution < -0.4 is 15.6 Å². The number of halogens is 1. The zero-order valence-electron chi connectivity index (χ0n) is 13.4. The molecule has 1 aromatic carbocycles. The summed E-state index contributed by atoms with van der Waals surface area (Å²) >= 11 is 6.08. The first kappa shape index (κ1) is 16.9. The smallest absolute Gasteiger partial charge is 0.291 e. The lowest BCUT2D eigenvalue weighted by atomic mass is 10.3. The molecule has 0 fully saturated rings. The van der Waals surface area contributed by atoms with Gasteiger partial charge in [-0.05, 0) is 30.3 Å². The van der Waals surface area contributed by atoms with E-state index < -0.39 is 5.91 Å². The van der Waals surface area contributed by atoms with Crippen LogP contribution in [0.25, 0.3) is 0 Å². The zero-order chi connectivity index (χ0) is 17.8. The second kappa shape index (κ2) is 7.27. The highest BCUT2D eigenvalue weighted by Crippen LogP contribution is 2.27. The minimum atomic E-state index is -0.443. The summed E-state index contributed by atoms with van der Waals surface area (Å²) in [5.74, 6) is 0.748. The molecular weight excluding hydrogens is 344 g/mol. The molecule has 0 saturated heterocycles. The molecule has 1 N–H and O–H groups in total. The summed E-state index contributed by atoms with van der Waals surface area (Å²) in [5, 5.41) is 3.06. The van der Waals surface area contributed by atoms with Crippen LogP contribution in [0.4, 0.5) is 5.69 Å². The number of ether oxygens (including phenoxy) is 1. The molecule has 0 saturated carbocycles. The number of anilines is 1. The molecule has 1 amide bonds. The highest BCUT2D eigenvalue weighted by Gasteiger charge is 2.14. The van der Waals surface area contributed by atoms with Crippen molar-refractivity contribution in [3.63, 3.8) is 0 Å². The fourth-order valence-electron chi connectivity index (χ4n) is 2.26. The Morgan fingerprint density at radius 2 is 2.08 bits per heavy atom. The quantitative estimate of drug-likeness (QED) is 0.758. The minimum absolute atomic E-state index is 0.123. The molecule has 3 rings (SSSR count). The van der Waals surface area contributed by atoms with Crippen molar-refractivity contribution in [2.75, 3.05) is 12.4 Å². The van der Waals surface area contributed by atoms with E-state index in [-0.39, 0.29) is 17.9 Å². The molecule has 0 aliphatic carbocycles. The van der Waals surface area contributed by atoms with Gasteiger partial charge in [0, 0.05) is 18.3 Å². The Hall–Kier alpha value is -2.99. The van der Waals surface area contributed by atoms with Gasteiger partial charge in [0.05, 0.1) is 24.4 Å². The predicted molar refractivity (Wildman–Crippen MR) is 94.5 cm³/mol. The van der Waals surface area contributed by atoms with Crippen molar-refractivity contribution in [1.29, 1.82) is 0 Å². The number of hydrogen-bond donors (Lipinski definition) is 1. The largest absolute Gasteiger partial charge is 0.497 e. The average Bonchev–Trinajstić information content (AvgIpc) is 3.07. The summed E-state index contributed by atoms with van der Waals surface area (Å²) in [6.45, 7) is 0.243. The molecule has 128 valence electrons. The Balaban J connectivity index is 1.75. The Labute approximate surface area is 148 Å². The molecular formula is C18H15ClN2O4. The lowest BCUT2D eigenvalue weighted by Gasteiger charge is -2.08. The van der Waals surface area contributed by atoms with Gasteiger partial charge in [0.2, 0.25) is 0 Å². The van der Waals surface area contributed by atoms with Gasteiger partial charge in [0.1, 0.15) is 11.5 Å². The highest BCUT2D eigenvalue weighted by molar-refractivity contribution is 6.34. The molecule has 3 aromatic rings. The second-order valence-corrected chi connectivity index (χ2v) is 5.64. The SMILES string of the molecule is COc1ccc(Cl)c(NC(=O)c2ccc(Cn3ccccc3=O)o2)c1. The maximum Gasteiger partial charge on any atom is 0.291 e. The third-order valence-corrected chi connectivity index (χ3v) is 3.86. The van der Waals surface area contributed by atoms with Crippen molar-refractivity contribution in [3.8, 4) is 5.75 Å². The van der Waals surface area contributed by atoms with E-state index in [1.165, 1.54) is 17.7 Å². The Morgan fingerprint density at radius 1 is 1.24 bits per heavy atom. The number of carbonyl (C=O) groups excluding carboxylic acids is 1. The number of furan rings is 1. The number of methoxy groups -OCH3 is 1. The Bertz CT molecular complexity index is 961. The standard InChI is InChI=1S/C18H15ClN2O4/c1-24-12-5-7-14(19)15(10-12)20-18(23)16-8-6-13(25-16)11-21-9-3-2-4-17(21)22/h2-10H,11H2,1H3,(H,20,23). The number of pyridine rings is 1. The van der Waals surface area contributed by atoms with E-state index in [1.807, 2.05) is 0 Å². The number of aromatic nitrogens is 1. The topological polar surface area (TPSA) is 73.5 Å². The summed E-state index contributed by atoms with van der Waals surface area (Å²) in [4.78, 5) is 24.0. The van der Waals surface area contributed by atoms with Crippen LogP contribution in [0.5, 0.6) is 5.75 Å². The molecule has 7 heteroatoms. The van der Waals surface area contributed by atoms with Gasteiger partial charge in [0.25, 0.3) is 11.5 Å². The van der Waals surface area contributed by atoms with Crippen molar-refractivity contribution >= 4 is 23.2 Å². The molecule has 0 bridgehead atoms. The second-order valence-electron chi connectivity index (χ2n) is 5.23. The van der Waals surface area contributed by atoms with Crippen molar-refractivity contribution in [1.82, 2.24) is 4.57 Å². The van der Waals surface area contributed by atoms with Gasteiger partial charge < -0.3 is 19.0 Å². The lowest BCUT2D eigenvalue weighted by molar-refractivity contribution is 0.0994. The molecule has 6 nitrogen and oxygen atoms in total. The van der Waals surface area contributed by atoms with Crippen LogP contribution in [-0.4, -0.2) is 17.6 Å². The molecule has 0 aliphatic rings. The molecule has 0 atom stereocenters. The maximum absolute atomic E-state index is 12.3. The first-order chi connectivity index (χ1) is 12.1. The number of benzene rings is 1. The molecule has 2 aromatic heterocycles. The zero-order valence-corrected chi connectivity index (χ0v) is 14.1. The molecule has 0 unspecified atom stereocenters. The number of nitrogens with one attached hydrogen (secondary N) is 1. The monoisotopic (exact) mass is 358 g/mol. The van der Waals surface area contributed by atoms with E-state index in [4.69, 9.17) is 20.8 Å². The number of hydrogen-bond acceptors (Lipinski definition) is 4. The van der Waals surface area contributed by atoms with Gasteiger partial charge in [-0.15, -0.1) is 0 Å². The fourth-order valence-corrected chi connectivity index (χ4v) is 2.42. The van der Waals surface area contributed by atoms with Gasteiger partial charge in [0.15, 0.2) is 5.76 Å². The fraction of sp³-hybridized carbons (Fsp3) is 0.111. The summed E-state index contributed by atoms with van der Waals surface area (Å²) in [5.41, 5.74) is 0.274. The molecule has 25 heavy (non-hydrogen) atoms. The van der Waals surface area contributed by atoms with Gasteiger partial charge in [-0.1, -0.05) is 17.7 Å². The van der Waals surface area contributed by atoms with Crippen LogP contribution in [-0.2, 0) is 6.54 Å². The van der Waals surface area contributed by atoms with E-state index in [1.54, 1.807) is 48.7 Å². The predicted octanol–water partition coefficient (Wildman–Crippen LogP) is 3.40. The maximum atomic E-state index is 12.3. The van der Waals surface area contributed by atoms with E-state index in [0.717, 1.165) is 0 Å². The Kier molecular flexibility index (Phi) is 4.90. The van der Waals surface area contributed by atoms with E-state index in [9.17, 15) is 9.59 Å². The van der Waals surface area contributed by atoms with Crippen LogP contribution in [0.3, 0.4) is 0 Å². The molecule has 2 heterocycles. The summed E-state index contributed by atoms with van der Waals surface area (Å²) in [7, 11) is 1.53. The molecule has 0 spiro atoms. The van der Waals surface area contributed by atoms with Gasteiger partial charge >= 0.3 is 0 Å². The van der Waals surface area contributed by atoms with Crippen LogP contribution in [0, 0.1) is 0 Å². The number of nitrogens with zero attached hydrogens (tertiary/aromatic N) is 1. The normalized spacial score (nSPS) is 10.5. The van der Waals surface area contributed by atoms with Crippen molar-refractivity contribution in [2.45, 2.75) is 6.54 Å². The lowest BCUT2D eigenvalue weighted by Crippen LogP contribution is -2.18. The minimum Gasteiger partial charge on any atom is -0.497 e. The van der Waals surface area contributed by atoms with E-state index in [0.29, 0.717) is 22.2 Å². The summed E-state index contributed by atoms with van der Waals surface area (Å²) in [6.07, 6.45) is 1.65. The van der Waals surface area contributed by atoms with Gasteiger partial charge in [-0.2, -0.15) is 0 Å². The number of rotatable bonds is 5. The first-order valence-electron chi connectivity index (χ1n) is 7.46. The average molecular weight is 359 g/mol. The van der Waals surface area contributed by atoms with Crippen LogP contribution in [0.2, 0.25) is 5.02 Å². The van der Waals surface area contributed by atoms with Crippen LogP contribution in [0.15, 0.2) is 63.9 Å². The third-order valence-electron chi connectivity index (χ3n) is 3.53. The summed E-state index contributed by atoms with van der Waals surface area (Å²) in [6, 6.07) is 13.0. The van der Waals surface area contributed by atoms with Crippen molar-refractivity contribution < 1.29 is 13.9 Å². The summed E-state index contributed by atoms with van der Waals surface area (Å²) < 4.78 is 12.1. The van der Waals surface area contributed by atoms with Gasteiger partial charge in [-0.25, -0.2) is 0 Å². The van der Waals surface area contributed by atoms with Crippen molar-refractivity contribution in [3.05, 3.63) is 81.6 Å². The number of carbonyl (C=O) groups is 1. The highest BCUT2D eigenvalue weighted by atomic mass is 35.5. The van der Waals surface area contributed by atoms with Crippen LogP contribution >= 0.6 is 11.6 Å². The van der Waals surface area contributed by atoms with E-state index in [2.05, 4.69) is 5.32 Å². The third kappa shape index (κ3) is 3.92. The van der Waals surface area contributed by atoms with E-state index >= 15 is 0 Å². The molecule has 0 radical (unpaired) electrons.